The van der Waals surface area contributed by atoms with Crippen molar-refractivity contribution in [3.63, 3.8) is 0 Å². The van der Waals surface area contributed by atoms with Crippen LogP contribution >= 0.6 is 0 Å². The first-order valence-electron chi connectivity index (χ1n) is 11.1. The third kappa shape index (κ3) is 2.36. The molecule has 24 heavy (non-hydrogen) atoms. The minimum Gasteiger partial charge on any atom is -0.393 e. The Morgan fingerprint density at radius 3 is 2.38 bits per heavy atom. The van der Waals surface area contributed by atoms with E-state index in [0.717, 1.165) is 36.0 Å². The second-order valence-corrected chi connectivity index (χ2v) is 10.8. The first kappa shape index (κ1) is 17.4. The molecule has 0 spiro atoms. The fourth-order valence-electron chi connectivity index (χ4n) is 8.37. The van der Waals surface area contributed by atoms with Crippen molar-refractivity contribution >= 4 is 0 Å². The van der Waals surface area contributed by atoms with Gasteiger partial charge in [-0.25, -0.2) is 0 Å². The van der Waals surface area contributed by atoms with Crippen LogP contribution in [0.1, 0.15) is 91.9 Å². The van der Waals surface area contributed by atoms with E-state index in [-0.39, 0.29) is 6.10 Å². The van der Waals surface area contributed by atoms with Crippen LogP contribution in [0.5, 0.6) is 0 Å². The van der Waals surface area contributed by atoms with E-state index in [2.05, 4.69) is 27.7 Å². The molecule has 0 aliphatic heterocycles. The fraction of sp³-hybridized carbons (Fsp3) is 1.00. The number of hydrogen-bond acceptors (Lipinski definition) is 1. The summed E-state index contributed by atoms with van der Waals surface area (Å²) in [6, 6.07) is 0. The van der Waals surface area contributed by atoms with Gasteiger partial charge in [-0.2, -0.15) is 0 Å². The first-order chi connectivity index (χ1) is 11.4. The quantitative estimate of drug-likeness (QED) is 0.652. The van der Waals surface area contributed by atoms with Crippen molar-refractivity contribution in [1.29, 1.82) is 0 Å². The first-order valence-corrected chi connectivity index (χ1v) is 11.1. The summed E-state index contributed by atoms with van der Waals surface area (Å²) in [7, 11) is 0. The van der Waals surface area contributed by atoms with Crippen LogP contribution in [0.3, 0.4) is 0 Å². The molecule has 4 saturated carbocycles. The summed E-state index contributed by atoms with van der Waals surface area (Å²) >= 11 is 0. The average Bonchev–Trinajstić information content (AvgIpc) is 2.87. The van der Waals surface area contributed by atoms with Crippen molar-refractivity contribution in [2.75, 3.05) is 0 Å². The molecular weight excluding hydrogens is 292 g/mol. The minimum atomic E-state index is -0.0108. The lowest BCUT2D eigenvalue weighted by Gasteiger charge is -2.62. The standard InChI is InChI=1S/C23H40O/c1-5-6-16-7-8-18-21-19(10-12-22(16,18)3)23(4)11-9-15(2)13-17(23)14-20(21)24/h15-21,24H,5-14H2,1-4H3. The maximum atomic E-state index is 11.2. The molecule has 0 aromatic rings. The highest BCUT2D eigenvalue weighted by Crippen LogP contribution is 2.68. The molecule has 4 rings (SSSR count). The Morgan fingerprint density at radius 2 is 1.62 bits per heavy atom. The van der Waals surface area contributed by atoms with Gasteiger partial charge in [-0.1, -0.05) is 47.0 Å². The van der Waals surface area contributed by atoms with Crippen molar-refractivity contribution in [3.05, 3.63) is 0 Å². The Morgan fingerprint density at radius 1 is 0.917 bits per heavy atom. The molecule has 1 heteroatoms. The van der Waals surface area contributed by atoms with E-state index in [1.54, 1.807) is 0 Å². The molecule has 138 valence electrons. The number of aliphatic hydroxyl groups is 1. The summed E-state index contributed by atoms with van der Waals surface area (Å²) in [5.41, 5.74) is 1.06. The molecule has 0 saturated heterocycles. The molecule has 0 radical (unpaired) electrons. The Kier molecular flexibility index (Phi) is 4.34. The Balaban J connectivity index is 1.63. The zero-order valence-electron chi connectivity index (χ0n) is 16.6. The maximum absolute atomic E-state index is 11.2. The minimum absolute atomic E-state index is 0.0108. The van der Waals surface area contributed by atoms with E-state index in [4.69, 9.17) is 0 Å². The number of fused-ring (bicyclic) bond motifs is 5. The molecule has 9 unspecified atom stereocenters. The van der Waals surface area contributed by atoms with Crippen molar-refractivity contribution in [1.82, 2.24) is 0 Å². The normalized spacial score (nSPS) is 57.1. The van der Waals surface area contributed by atoms with Crippen LogP contribution in [0.2, 0.25) is 0 Å². The summed E-state index contributed by atoms with van der Waals surface area (Å²) in [5, 5.41) is 11.2. The van der Waals surface area contributed by atoms with Gasteiger partial charge >= 0.3 is 0 Å². The van der Waals surface area contributed by atoms with Crippen LogP contribution < -0.4 is 0 Å². The molecule has 4 fully saturated rings. The molecule has 0 bridgehead atoms. The Bertz CT molecular complexity index is 473. The van der Waals surface area contributed by atoms with Crippen LogP contribution in [0.25, 0.3) is 0 Å². The molecule has 1 N–H and O–H groups in total. The van der Waals surface area contributed by atoms with Crippen LogP contribution in [-0.4, -0.2) is 11.2 Å². The van der Waals surface area contributed by atoms with E-state index in [1.165, 1.54) is 57.8 Å². The lowest BCUT2D eigenvalue weighted by molar-refractivity contribution is -0.167. The topological polar surface area (TPSA) is 20.2 Å². The molecule has 0 aromatic heterocycles. The van der Waals surface area contributed by atoms with Crippen LogP contribution in [-0.2, 0) is 0 Å². The largest absolute Gasteiger partial charge is 0.393 e. The maximum Gasteiger partial charge on any atom is 0.0577 e. The lowest BCUT2D eigenvalue weighted by atomic mass is 9.43. The summed E-state index contributed by atoms with van der Waals surface area (Å²) in [6.07, 6.45) is 13.7. The van der Waals surface area contributed by atoms with Gasteiger partial charge in [-0.3, -0.25) is 0 Å². The SMILES string of the molecule is CCCC1CCC2C3C(O)CC4CC(C)CCC4(C)C3CCC12C. The van der Waals surface area contributed by atoms with E-state index >= 15 is 0 Å². The summed E-state index contributed by atoms with van der Waals surface area (Å²) in [4.78, 5) is 0. The number of rotatable bonds is 2. The molecule has 0 amide bonds. The zero-order valence-corrected chi connectivity index (χ0v) is 16.6. The van der Waals surface area contributed by atoms with Gasteiger partial charge in [0.2, 0.25) is 0 Å². The Labute approximate surface area is 150 Å². The number of hydrogen-bond donors (Lipinski definition) is 1. The van der Waals surface area contributed by atoms with E-state index in [0.29, 0.717) is 16.7 Å². The van der Waals surface area contributed by atoms with Gasteiger partial charge in [0.05, 0.1) is 6.10 Å². The van der Waals surface area contributed by atoms with Gasteiger partial charge in [0, 0.05) is 0 Å². The van der Waals surface area contributed by atoms with Gasteiger partial charge < -0.3 is 5.11 Å². The van der Waals surface area contributed by atoms with Crippen LogP contribution in [0, 0.1) is 46.3 Å². The molecule has 9 atom stereocenters. The second-order valence-electron chi connectivity index (χ2n) is 10.8. The van der Waals surface area contributed by atoms with Gasteiger partial charge in [-0.05, 0) is 91.3 Å². The predicted molar refractivity (Wildman–Crippen MR) is 101 cm³/mol. The van der Waals surface area contributed by atoms with Gasteiger partial charge in [0.15, 0.2) is 0 Å². The monoisotopic (exact) mass is 332 g/mol. The average molecular weight is 333 g/mol. The van der Waals surface area contributed by atoms with Crippen LogP contribution in [0.15, 0.2) is 0 Å². The highest BCUT2D eigenvalue weighted by Gasteiger charge is 2.61. The molecule has 4 aliphatic rings. The van der Waals surface area contributed by atoms with Crippen molar-refractivity contribution in [2.45, 2.75) is 98.0 Å². The number of aliphatic hydroxyl groups excluding tert-OH is 1. The molecule has 0 aromatic carbocycles. The fourth-order valence-corrected chi connectivity index (χ4v) is 8.37. The van der Waals surface area contributed by atoms with Gasteiger partial charge in [0.25, 0.3) is 0 Å². The van der Waals surface area contributed by atoms with E-state index in [9.17, 15) is 5.11 Å². The summed E-state index contributed by atoms with van der Waals surface area (Å²) in [5.74, 6) is 4.81. The van der Waals surface area contributed by atoms with E-state index < -0.39 is 0 Å². The molecule has 0 heterocycles. The van der Waals surface area contributed by atoms with Crippen molar-refractivity contribution < 1.29 is 5.11 Å². The van der Waals surface area contributed by atoms with Gasteiger partial charge in [0.1, 0.15) is 0 Å². The van der Waals surface area contributed by atoms with Crippen LogP contribution in [0.4, 0.5) is 0 Å². The molecular formula is C23H40O. The summed E-state index contributed by atoms with van der Waals surface area (Å²) in [6.45, 7) is 10.0. The Hall–Kier alpha value is -0.0400. The van der Waals surface area contributed by atoms with Crippen molar-refractivity contribution in [2.24, 2.45) is 46.3 Å². The molecule has 4 aliphatic carbocycles. The smallest absolute Gasteiger partial charge is 0.0577 e. The van der Waals surface area contributed by atoms with Gasteiger partial charge in [-0.15, -0.1) is 0 Å². The highest BCUT2D eigenvalue weighted by atomic mass is 16.3. The zero-order chi connectivity index (χ0) is 17.1. The third-order valence-corrected chi connectivity index (χ3v) is 9.78. The lowest BCUT2D eigenvalue weighted by Crippen LogP contribution is -2.58. The predicted octanol–water partition coefficient (Wildman–Crippen LogP) is 6.05. The van der Waals surface area contributed by atoms with Crippen molar-refractivity contribution in [3.8, 4) is 0 Å². The van der Waals surface area contributed by atoms with E-state index in [1.807, 2.05) is 0 Å². The highest BCUT2D eigenvalue weighted by molar-refractivity contribution is 5.11. The summed E-state index contributed by atoms with van der Waals surface area (Å²) < 4.78 is 0. The molecule has 1 nitrogen and oxygen atoms in total. The third-order valence-electron chi connectivity index (χ3n) is 9.78. The second kappa shape index (κ2) is 6.00.